The van der Waals surface area contributed by atoms with Crippen molar-refractivity contribution >= 4 is 57.5 Å². The van der Waals surface area contributed by atoms with Crippen LogP contribution in [0.3, 0.4) is 0 Å². The molecule has 0 radical (unpaired) electrons. The molecular weight excluding hydrogens is 491 g/mol. The van der Waals surface area contributed by atoms with Gasteiger partial charge in [0.2, 0.25) is 0 Å². The van der Waals surface area contributed by atoms with Gasteiger partial charge in [-0.3, -0.25) is 9.80 Å². The molecule has 1 aromatic heterocycles. The second-order valence-electron chi connectivity index (χ2n) is 8.00. The highest BCUT2D eigenvalue weighted by Gasteiger charge is 2.32. The molecule has 2 amide bonds. The van der Waals surface area contributed by atoms with Crippen LogP contribution in [0.5, 0.6) is 0 Å². The Morgan fingerprint density at radius 1 is 1.00 bits per heavy atom. The first-order valence-electron chi connectivity index (χ1n) is 8.80. The average molecular weight is 520 g/mol. The molecule has 6 nitrogen and oxygen atoms in total. The van der Waals surface area contributed by atoms with Crippen LogP contribution in [0.4, 0.5) is 21.0 Å². The number of hydrogen-bond donors (Lipinski definition) is 0. The van der Waals surface area contributed by atoms with Crippen LogP contribution in [0.25, 0.3) is 0 Å². The molecule has 0 aromatic carbocycles. The average Bonchev–Trinajstić information content (AvgIpc) is 2.87. The predicted molar refractivity (Wildman–Crippen MR) is 125 cm³/mol. The van der Waals surface area contributed by atoms with Gasteiger partial charge < -0.3 is 9.47 Å². The van der Waals surface area contributed by atoms with Crippen LogP contribution in [0.2, 0.25) is 0 Å². The van der Waals surface area contributed by atoms with E-state index in [0.717, 1.165) is 2.88 Å². The highest BCUT2D eigenvalue weighted by molar-refractivity contribution is 14.1. The van der Waals surface area contributed by atoms with Crippen molar-refractivity contribution in [2.24, 2.45) is 0 Å². The van der Waals surface area contributed by atoms with Crippen molar-refractivity contribution in [3.05, 3.63) is 33.6 Å². The van der Waals surface area contributed by atoms with Gasteiger partial charge in [-0.2, -0.15) is 0 Å². The molecule has 0 unspecified atom stereocenters. The minimum absolute atomic E-state index is 0.241. The van der Waals surface area contributed by atoms with Crippen LogP contribution in [-0.4, -0.2) is 36.5 Å². The third kappa shape index (κ3) is 7.12. The quantitative estimate of drug-likeness (QED) is 0.331. The molecular formula is C20H29IN2O4S. The largest absolute Gasteiger partial charge is 0.443 e. The molecule has 156 valence electrons. The maximum Gasteiger partial charge on any atom is 0.415 e. The minimum atomic E-state index is -0.649. The minimum Gasteiger partial charge on any atom is -0.443 e. The van der Waals surface area contributed by atoms with Crippen LogP contribution in [0.15, 0.2) is 30.7 Å². The molecule has 0 N–H and O–H groups in total. The normalized spacial score (nSPS) is 11.5. The lowest BCUT2D eigenvalue weighted by molar-refractivity contribution is 0.0567. The van der Waals surface area contributed by atoms with Crippen molar-refractivity contribution in [2.45, 2.75) is 52.7 Å². The van der Waals surface area contributed by atoms with Crippen LogP contribution in [0, 0.1) is 2.88 Å². The zero-order valence-corrected chi connectivity index (χ0v) is 20.3. The Morgan fingerprint density at radius 2 is 1.43 bits per heavy atom. The van der Waals surface area contributed by atoms with E-state index < -0.39 is 23.4 Å². The Hall–Kier alpha value is -1.55. The Balaban J connectivity index is 3.41. The molecule has 0 fully saturated rings. The molecule has 0 spiro atoms. The zero-order valence-electron chi connectivity index (χ0n) is 17.4. The molecule has 1 aromatic rings. The van der Waals surface area contributed by atoms with E-state index in [0.29, 0.717) is 11.4 Å². The van der Waals surface area contributed by atoms with Crippen LogP contribution < -0.4 is 9.80 Å². The summed E-state index contributed by atoms with van der Waals surface area (Å²) in [5, 5.41) is 1.82. The molecule has 8 heteroatoms. The lowest BCUT2D eigenvalue weighted by Gasteiger charge is -2.30. The van der Waals surface area contributed by atoms with E-state index in [1.165, 1.54) is 21.1 Å². The molecule has 0 saturated heterocycles. The van der Waals surface area contributed by atoms with Crippen LogP contribution in [-0.2, 0) is 9.47 Å². The number of nitrogens with zero attached hydrogens (tertiary/aromatic N) is 2. The summed E-state index contributed by atoms with van der Waals surface area (Å²) >= 11 is 3.58. The maximum atomic E-state index is 12.8. The highest BCUT2D eigenvalue weighted by Crippen LogP contribution is 2.40. The van der Waals surface area contributed by atoms with Crippen LogP contribution >= 0.6 is 33.9 Å². The first kappa shape index (κ1) is 24.5. The number of halogens is 1. The van der Waals surface area contributed by atoms with Gasteiger partial charge in [-0.15, -0.1) is 24.5 Å². The molecule has 1 heterocycles. The second kappa shape index (κ2) is 9.78. The molecule has 0 saturated carbocycles. The molecule has 1 rings (SSSR count). The Morgan fingerprint density at radius 3 is 1.86 bits per heavy atom. The van der Waals surface area contributed by atoms with E-state index in [2.05, 4.69) is 35.7 Å². The van der Waals surface area contributed by atoms with Crippen molar-refractivity contribution in [1.82, 2.24) is 0 Å². The van der Waals surface area contributed by atoms with Gasteiger partial charge in [0.15, 0.2) is 0 Å². The molecule has 28 heavy (non-hydrogen) atoms. The summed E-state index contributed by atoms with van der Waals surface area (Å²) in [5.41, 5.74) is -0.140. The summed E-state index contributed by atoms with van der Waals surface area (Å²) in [4.78, 5) is 28.6. The van der Waals surface area contributed by atoms with Crippen molar-refractivity contribution in [1.29, 1.82) is 0 Å². The van der Waals surface area contributed by atoms with E-state index in [1.54, 1.807) is 53.7 Å². The zero-order chi connectivity index (χ0) is 21.7. The first-order chi connectivity index (χ1) is 12.8. The Kier molecular flexibility index (Phi) is 8.55. The summed E-state index contributed by atoms with van der Waals surface area (Å²) in [5.74, 6) is 0. The lowest BCUT2D eigenvalue weighted by Crippen LogP contribution is -2.40. The second-order valence-corrected chi connectivity index (χ2v) is 10.7. The van der Waals surface area contributed by atoms with Gasteiger partial charge in [0, 0.05) is 18.5 Å². The number of hydrogen-bond acceptors (Lipinski definition) is 5. The number of carbonyl (C=O) groups is 2. The monoisotopic (exact) mass is 520 g/mol. The van der Waals surface area contributed by atoms with Gasteiger partial charge in [0.1, 0.15) is 11.2 Å². The topological polar surface area (TPSA) is 59.1 Å². The van der Waals surface area contributed by atoms with Crippen molar-refractivity contribution in [3.63, 3.8) is 0 Å². The fourth-order valence-electron chi connectivity index (χ4n) is 2.18. The smallest absolute Gasteiger partial charge is 0.415 e. The summed E-state index contributed by atoms with van der Waals surface area (Å²) in [7, 11) is 0. The van der Waals surface area contributed by atoms with E-state index >= 15 is 0 Å². The third-order valence-corrected chi connectivity index (χ3v) is 5.13. The molecule has 0 aliphatic carbocycles. The van der Waals surface area contributed by atoms with Crippen molar-refractivity contribution in [3.8, 4) is 0 Å². The fraction of sp³-hybridized carbons (Fsp3) is 0.500. The van der Waals surface area contributed by atoms with Crippen molar-refractivity contribution in [2.75, 3.05) is 22.9 Å². The summed E-state index contributed by atoms with van der Waals surface area (Å²) < 4.78 is 11.9. The van der Waals surface area contributed by atoms with Gasteiger partial charge in [-0.25, -0.2) is 9.59 Å². The van der Waals surface area contributed by atoms with Crippen LogP contribution in [0.1, 0.15) is 41.5 Å². The summed E-state index contributed by atoms with van der Waals surface area (Å²) in [6, 6.07) is 0. The molecule has 0 atom stereocenters. The van der Waals surface area contributed by atoms with Gasteiger partial charge in [-0.1, -0.05) is 12.2 Å². The van der Waals surface area contributed by atoms with Gasteiger partial charge >= 0.3 is 12.2 Å². The molecule has 0 bridgehead atoms. The number of carbonyl (C=O) groups excluding carboxylic acids is 2. The van der Waals surface area contributed by atoms with Gasteiger partial charge in [0.25, 0.3) is 0 Å². The first-order valence-corrected chi connectivity index (χ1v) is 10.8. The van der Waals surface area contributed by atoms with E-state index in [4.69, 9.17) is 9.47 Å². The van der Waals surface area contributed by atoms with Gasteiger partial charge in [-0.05, 0) is 64.1 Å². The highest BCUT2D eigenvalue weighted by atomic mass is 127. The van der Waals surface area contributed by atoms with E-state index in [1.807, 2.05) is 5.38 Å². The third-order valence-electron chi connectivity index (χ3n) is 3.11. The number of ether oxygens (including phenoxy) is 2. The van der Waals surface area contributed by atoms with Crippen molar-refractivity contribution < 1.29 is 19.1 Å². The van der Waals surface area contributed by atoms with Gasteiger partial charge in [0.05, 0.1) is 14.3 Å². The molecule has 0 aliphatic rings. The number of amides is 2. The predicted octanol–water partition coefficient (Wildman–Crippen LogP) is 6.21. The SMILES string of the molecule is C=CCN(C(=O)OC(C)(C)C)c1csc(I)c1N(CC=C)C(=O)OC(C)(C)C. The van der Waals surface area contributed by atoms with E-state index in [-0.39, 0.29) is 13.1 Å². The fourth-order valence-corrected chi connectivity index (χ4v) is 3.91. The number of anilines is 2. The molecule has 0 aliphatic heterocycles. The Bertz CT molecular complexity index is 732. The summed E-state index contributed by atoms with van der Waals surface area (Å²) in [6.07, 6.45) is 2.22. The Labute approximate surface area is 185 Å². The van der Waals surface area contributed by atoms with E-state index in [9.17, 15) is 9.59 Å². The number of rotatable bonds is 6. The standard InChI is InChI=1S/C20H29IN2O4S/c1-9-11-22(17(24)26-19(3,4)5)14-13-28-16(21)15(14)23(12-10-2)18(25)27-20(6,7)8/h9-10,13H,1-2,11-12H2,3-8H3. The summed E-state index contributed by atoms with van der Waals surface area (Å²) in [6.45, 7) is 18.8. The number of thiophene rings is 1. The lowest BCUT2D eigenvalue weighted by atomic mass is 10.2. The maximum absolute atomic E-state index is 12.8.